The molecule has 2 aliphatic heterocycles. The number of nitrogens with zero attached hydrogens (tertiary/aromatic N) is 2. The fourth-order valence-corrected chi connectivity index (χ4v) is 7.04. The zero-order valence-electron chi connectivity index (χ0n) is 22.3. The Labute approximate surface area is 219 Å². The molecule has 1 amide bonds. The smallest absolute Gasteiger partial charge is 0.356 e. The van der Waals surface area contributed by atoms with E-state index in [0.717, 1.165) is 23.5 Å². The number of unbranched alkanes of at least 4 members (excludes halogenated alkanes) is 1. The third-order valence-corrected chi connectivity index (χ3v) is 13.2. The van der Waals surface area contributed by atoms with Crippen LogP contribution in [0.1, 0.15) is 59.4 Å². The molecule has 2 aliphatic rings. The van der Waals surface area contributed by atoms with Gasteiger partial charge in [-0.1, -0.05) is 34.1 Å². The number of esters is 1. The first-order valence-corrected chi connectivity index (χ1v) is 16.4. The number of β-lactam (4-membered cyclic amide) rings is 1. The van der Waals surface area contributed by atoms with Gasteiger partial charge in [0.2, 0.25) is 5.91 Å². The van der Waals surface area contributed by atoms with E-state index in [1.165, 1.54) is 12.1 Å². The van der Waals surface area contributed by atoms with E-state index in [1.54, 1.807) is 28.8 Å². The van der Waals surface area contributed by atoms with Crippen LogP contribution >= 0.6 is 11.8 Å². The van der Waals surface area contributed by atoms with Crippen LogP contribution in [0.15, 0.2) is 34.9 Å². The Morgan fingerprint density at radius 3 is 2.47 bits per heavy atom. The van der Waals surface area contributed by atoms with Gasteiger partial charge in [0, 0.05) is 23.5 Å². The monoisotopic (exact) mass is 534 g/mol. The summed E-state index contributed by atoms with van der Waals surface area (Å²) >= 11 is 1.63. The molecule has 0 spiro atoms. The second-order valence-electron chi connectivity index (χ2n) is 11.1. The summed E-state index contributed by atoms with van der Waals surface area (Å²) in [6.07, 6.45) is 2.48. The summed E-state index contributed by atoms with van der Waals surface area (Å²) in [4.78, 5) is 39.4. The van der Waals surface area contributed by atoms with E-state index in [1.807, 2.05) is 6.92 Å². The summed E-state index contributed by atoms with van der Waals surface area (Å²) in [5.74, 6) is -0.0134. The molecule has 0 N–H and O–H groups in total. The highest BCUT2D eigenvalue weighted by atomic mass is 32.2. The largest absolute Gasteiger partial charge is 0.456 e. The molecular weight excluding hydrogens is 496 g/mol. The topological polar surface area (TPSA) is 99.0 Å². The predicted molar refractivity (Wildman–Crippen MR) is 144 cm³/mol. The van der Waals surface area contributed by atoms with E-state index < -0.39 is 19.2 Å². The van der Waals surface area contributed by atoms with Gasteiger partial charge in [-0.05, 0) is 54.9 Å². The van der Waals surface area contributed by atoms with Crippen molar-refractivity contribution in [1.29, 1.82) is 0 Å². The zero-order chi connectivity index (χ0) is 26.8. The van der Waals surface area contributed by atoms with E-state index in [2.05, 4.69) is 40.8 Å². The molecule has 10 heteroatoms. The molecule has 198 valence electrons. The Bertz CT molecular complexity index is 1030. The molecule has 1 aromatic rings. The molecule has 1 fully saturated rings. The molecule has 3 rings (SSSR count). The summed E-state index contributed by atoms with van der Waals surface area (Å²) in [6, 6.07) is 5.81. The first-order valence-electron chi connectivity index (χ1n) is 12.6. The fourth-order valence-electron chi connectivity index (χ4n) is 4.32. The number of ether oxygens (including phenoxy) is 1. The quantitative estimate of drug-likeness (QED) is 0.0854. The maximum absolute atomic E-state index is 13.3. The summed E-state index contributed by atoms with van der Waals surface area (Å²) in [5, 5.41) is 10.9. The van der Waals surface area contributed by atoms with E-state index >= 15 is 0 Å². The summed E-state index contributed by atoms with van der Waals surface area (Å²) in [6.45, 7) is 15.0. The summed E-state index contributed by atoms with van der Waals surface area (Å²) in [5.41, 5.74) is 0.976. The van der Waals surface area contributed by atoms with Gasteiger partial charge in [-0.2, -0.15) is 0 Å². The number of nitro groups is 1. The summed E-state index contributed by atoms with van der Waals surface area (Å²) in [7, 11) is -2.05. The molecule has 1 aromatic carbocycles. The molecule has 3 atom stereocenters. The second-order valence-corrected chi connectivity index (χ2v) is 17.0. The Morgan fingerprint density at radius 1 is 1.28 bits per heavy atom. The molecule has 0 aliphatic carbocycles. The lowest BCUT2D eigenvalue weighted by Crippen LogP contribution is -2.63. The number of fused-ring (bicyclic) bond motifs is 1. The van der Waals surface area contributed by atoms with Crippen molar-refractivity contribution in [3.05, 3.63) is 50.5 Å². The van der Waals surface area contributed by atoms with Crippen molar-refractivity contribution >= 4 is 37.6 Å². The van der Waals surface area contributed by atoms with E-state index in [4.69, 9.17) is 9.16 Å². The number of hydrogen-bond acceptors (Lipinski definition) is 7. The molecule has 0 radical (unpaired) electrons. The second kappa shape index (κ2) is 11.1. The van der Waals surface area contributed by atoms with Crippen molar-refractivity contribution in [1.82, 2.24) is 4.90 Å². The van der Waals surface area contributed by atoms with E-state index in [9.17, 15) is 19.7 Å². The lowest BCUT2D eigenvalue weighted by Gasteiger charge is -2.48. The number of carbonyl (C=O) groups is 2. The Balaban J connectivity index is 1.73. The number of hydrogen-bond donors (Lipinski definition) is 0. The highest BCUT2D eigenvalue weighted by molar-refractivity contribution is 8.03. The molecule has 36 heavy (non-hydrogen) atoms. The number of amides is 1. The van der Waals surface area contributed by atoms with E-state index in [0.29, 0.717) is 17.7 Å². The Hall–Kier alpha value is -2.17. The van der Waals surface area contributed by atoms with Crippen molar-refractivity contribution in [2.45, 2.75) is 90.8 Å². The number of nitro benzene ring substituents is 1. The molecule has 2 heterocycles. The standard InChI is InChI=1S/C26H38N2O6SSi/c1-8-9-14-35-21-15-20-22(17(2)34-36(6,7)26(3,4)5)24(29)27(20)23(21)25(30)33-16-18-10-12-19(13-11-18)28(31)32/h10-13,17,20,22H,8-9,14-16H2,1-7H3/t17-,20-,22-/m1/s1. The zero-order valence-corrected chi connectivity index (χ0v) is 24.1. The molecule has 0 aromatic heterocycles. The number of non-ortho nitro benzene ring substituents is 1. The first-order chi connectivity index (χ1) is 16.8. The Morgan fingerprint density at radius 2 is 1.92 bits per heavy atom. The SMILES string of the molecule is CCCCSC1=C(C(=O)OCc2ccc([N+](=O)[O-])cc2)N2C(=O)[C@H]([C@@H](C)O[Si](C)(C)C(C)(C)C)[C@H]2C1. The molecule has 0 bridgehead atoms. The van der Waals surface area contributed by atoms with Gasteiger partial charge in [0.25, 0.3) is 5.69 Å². The molecule has 0 saturated carbocycles. The lowest BCUT2D eigenvalue weighted by atomic mass is 9.83. The van der Waals surface area contributed by atoms with Gasteiger partial charge >= 0.3 is 5.97 Å². The highest BCUT2D eigenvalue weighted by Crippen LogP contribution is 2.49. The van der Waals surface area contributed by atoms with Crippen LogP contribution in [-0.4, -0.2) is 47.9 Å². The van der Waals surface area contributed by atoms with Crippen LogP contribution < -0.4 is 0 Å². The predicted octanol–water partition coefficient (Wildman–Crippen LogP) is 6.02. The van der Waals surface area contributed by atoms with E-state index in [-0.39, 0.29) is 41.3 Å². The van der Waals surface area contributed by atoms with Crippen molar-refractivity contribution < 1.29 is 23.7 Å². The number of benzene rings is 1. The Kier molecular flexibility index (Phi) is 8.73. The van der Waals surface area contributed by atoms with Crippen LogP contribution in [-0.2, 0) is 25.4 Å². The van der Waals surface area contributed by atoms with Gasteiger partial charge in [0.15, 0.2) is 8.32 Å². The van der Waals surface area contributed by atoms with Gasteiger partial charge in [0.1, 0.15) is 12.3 Å². The van der Waals surface area contributed by atoms with Crippen LogP contribution in [0.4, 0.5) is 5.69 Å². The van der Waals surface area contributed by atoms with Crippen molar-refractivity contribution in [3.8, 4) is 0 Å². The molecular formula is C26H38N2O6SSi. The third kappa shape index (κ3) is 5.86. The maximum atomic E-state index is 13.3. The maximum Gasteiger partial charge on any atom is 0.356 e. The normalized spacial score (nSPS) is 20.8. The minimum absolute atomic E-state index is 0.0196. The van der Waals surface area contributed by atoms with Crippen molar-refractivity contribution in [3.63, 3.8) is 0 Å². The molecule has 0 unspecified atom stereocenters. The van der Waals surface area contributed by atoms with Gasteiger partial charge < -0.3 is 14.1 Å². The lowest BCUT2D eigenvalue weighted by molar-refractivity contribution is -0.384. The van der Waals surface area contributed by atoms with Crippen LogP contribution in [0.5, 0.6) is 0 Å². The van der Waals surface area contributed by atoms with Crippen LogP contribution in [0.3, 0.4) is 0 Å². The molecule has 8 nitrogen and oxygen atoms in total. The number of carbonyl (C=O) groups excluding carboxylic acids is 2. The van der Waals surface area contributed by atoms with Crippen molar-refractivity contribution in [2.75, 3.05) is 5.75 Å². The van der Waals surface area contributed by atoms with Crippen LogP contribution in [0, 0.1) is 16.0 Å². The van der Waals surface area contributed by atoms with Gasteiger partial charge in [-0.25, -0.2) is 4.79 Å². The van der Waals surface area contributed by atoms with Gasteiger partial charge in [0.05, 0.1) is 23.0 Å². The first kappa shape index (κ1) is 28.4. The van der Waals surface area contributed by atoms with Crippen LogP contribution in [0.25, 0.3) is 0 Å². The minimum atomic E-state index is -2.05. The highest BCUT2D eigenvalue weighted by Gasteiger charge is 2.58. The van der Waals surface area contributed by atoms with Crippen LogP contribution in [0.2, 0.25) is 18.1 Å². The fraction of sp³-hybridized carbons (Fsp3) is 0.615. The summed E-state index contributed by atoms with van der Waals surface area (Å²) < 4.78 is 12.1. The van der Waals surface area contributed by atoms with Gasteiger partial charge in [-0.3, -0.25) is 14.9 Å². The van der Waals surface area contributed by atoms with Crippen molar-refractivity contribution in [2.24, 2.45) is 5.92 Å². The third-order valence-electron chi connectivity index (χ3n) is 7.45. The average molecular weight is 535 g/mol. The molecule has 1 saturated heterocycles. The average Bonchev–Trinajstić information content (AvgIpc) is 3.11. The minimum Gasteiger partial charge on any atom is -0.456 e. The number of rotatable bonds is 11. The number of thioether (sulfide) groups is 1. The van der Waals surface area contributed by atoms with Gasteiger partial charge in [-0.15, -0.1) is 11.8 Å².